The summed E-state index contributed by atoms with van der Waals surface area (Å²) in [4.78, 5) is 10.5. The predicted molar refractivity (Wildman–Crippen MR) is 37.0 cm³/mol. The highest BCUT2D eigenvalue weighted by molar-refractivity contribution is 5.60. The van der Waals surface area contributed by atoms with E-state index in [0.717, 1.165) is 0 Å². The summed E-state index contributed by atoms with van der Waals surface area (Å²) >= 11 is 0. The zero-order chi connectivity index (χ0) is 8.27. The van der Waals surface area contributed by atoms with Crippen molar-refractivity contribution in [3.8, 4) is 0 Å². The summed E-state index contributed by atoms with van der Waals surface area (Å²) in [5.41, 5.74) is 0. The number of hydrogen-bond donors (Lipinski definition) is 1. The molecule has 62 valence electrons. The van der Waals surface area contributed by atoms with Gasteiger partial charge in [0, 0.05) is 6.42 Å². The smallest absolute Gasteiger partial charge is 0.434 e. The highest BCUT2D eigenvalue weighted by Gasteiger charge is 2.26. The van der Waals surface area contributed by atoms with E-state index in [2.05, 4.69) is 16.1 Å². The highest BCUT2D eigenvalue weighted by Crippen LogP contribution is 2.12. The van der Waals surface area contributed by atoms with Crippen molar-refractivity contribution in [1.82, 2.24) is 0 Å². The Balaban J connectivity index is 2.45. The van der Waals surface area contributed by atoms with Crippen LogP contribution in [0.4, 0.5) is 4.79 Å². The maximum atomic E-state index is 10.5. The quantitative estimate of drug-likeness (QED) is 0.468. The number of aliphatic hydroxyl groups is 1. The van der Waals surface area contributed by atoms with Crippen LogP contribution in [0, 0.1) is 0 Å². The van der Waals surface area contributed by atoms with Gasteiger partial charge in [-0.2, -0.15) is 0 Å². The molecular formula is C7H10O4. The van der Waals surface area contributed by atoms with Crippen molar-refractivity contribution in [2.24, 2.45) is 0 Å². The number of ether oxygens (including phenoxy) is 2. The van der Waals surface area contributed by atoms with Gasteiger partial charge in [0.05, 0.1) is 6.61 Å². The second kappa shape index (κ2) is 3.39. The summed E-state index contributed by atoms with van der Waals surface area (Å²) in [6.45, 7) is 3.68. The fraction of sp³-hybridized carbons (Fsp3) is 0.571. The molecule has 0 aromatic carbocycles. The average Bonchev–Trinajstić information content (AvgIpc) is 2.03. The molecule has 4 nitrogen and oxygen atoms in total. The summed E-state index contributed by atoms with van der Waals surface area (Å²) in [7, 11) is 0. The van der Waals surface area contributed by atoms with Crippen LogP contribution < -0.4 is 0 Å². The van der Waals surface area contributed by atoms with Crippen LogP contribution in [-0.4, -0.2) is 30.1 Å². The van der Waals surface area contributed by atoms with Gasteiger partial charge in [0.25, 0.3) is 0 Å². The number of hydrogen-bond acceptors (Lipinski definition) is 4. The molecule has 1 aliphatic rings. The number of aliphatic hydroxyl groups excluding tert-OH is 1. The van der Waals surface area contributed by atoms with Crippen LogP contribution in [0.25, 0.3) is 0 Å². The van der Waals surface area contributed by atoms with Crippen LogP contribution in [0.15, 0.2) is 12.7 Å². The average molecular weight is 158 g/mol. The minimum atomic E-state index is -0.789. The van der Waals surface area contributed by atoms with E-state index < -0.39 is 18.4 Å². The maximum Gasteiger partial charge on any atom is 0.508 e. The van der Waals surface area contributed by atoms with Gasteiger partial charge in [-0.05, 0) is 0 Å². The molecule has 11 heavy (non-hydrogen) atoms. The van der Waals surface area contributed by atoms with Crippen LogP contribution in [0.1, 0.15) is 6.42 Å². The van der Waals surface area contributed by atoms with Crippen LogP contribution in [0.2, 0.25) is 0 Å². The van der Waals surface area contributed by atoms with E-state index in [4.69, 9.17) is 5.11 Å². The second-order valence-corrected chi connectivity index (χ2v) is 2.27. The SMILES string of the molecule is C=CC(O)C1CCOC(=O)O1. The van der Waals surface area contributed by atoms with E-state index in [-0.39, 0.29) is 0 Å². The molecule has 0 bridgehead atoms. The number of rotatable bonds is 2. The molecule has 2 unspecified atom stereocenters. The third-order valence-electron chi connectivity index (χ3n) is 1.49. The Hall–Kier alpha value is -1.03. The Morgan fingerprint density at radius 1 is 1.82 bits per heavy atom. The fourth-order valence-electron chi connectivity index (χ4n) is 0.867. The van der Waals surface area contributed by atoms with E-state index in [0.29, 0.717) is 13.0 Å². The summed E-state index contributed by atoms with van der Waals surface area (Å²) in [6.07, 6.45) is -0.152. The molecule has 0 aromatic heterocycles. The summed E-state index contributed by atoms with van der Waals surface area (Å²) in [6, 6.07) is 0. The van der Waals surface area contributed by atoms with Crippen LogP contribution in [-0.2, 0) is 9.47 Å². The minimum Gasteiger partial charge on any atom is -0.434 e. The van der Waals surface area contributed by atoms with Gasteiger partial charge in [0.2, 0.25) is 0 Å². The van der Waals surface area contributed by atoms with E-state index in [1.54, 1.807) is 0 Å². The van der Waals surface area contributed by atoms with Crippen molar-refractivity contribution in [3.63, 3.8) is 0 Å². The molecule has 1 heterocycles. The zero-order valence-electron chi connectivity index (χ0n) is 6.03. The van der Waals surface area contributed by atoms with Crippen molar-refractivity contribution in [1.29, 1.82) is 0 Å². The molecule has 4 heteroatoms. The minimum absolute atomic E-state index is 0.300. The van der Waals surface area contributed by atoms with Crippen molar-refractivity contribution >= 4 is 6.16 Å². The van der Waals surface area contributed by atoms with Crippen molar-refractivity contribution < 1.29 is 19.4 Å². The summed E-state index contributed by atoms with van der Waals surface area (Å²) < 4.78 is 9.15. The first-order valence-corrected chi connectivity index (χ1v) is 3.38. The first-order valence-electron chi connectivity index (χ1n) is 3.38. The molecule has 0 spiro atoms. The number of cyclic esters (lactones) is 2. The lowest BCUT2D eigenvalue weighted by Gasteiger charge is -2.24. The summed E-state index contributed by atoms with van der Waals surface area (Å²) in [5.74, 6) is 0. The molecule has 1 rings (SSSR count). The molecule has 1 fully saturated rings. The molecule has 0 aliphatic carbocycles. The number of carbonyl (C=O) groups excluding carboxylic acids is 1. The molecule has 0 amide bonds. The molecule has 1 N–H and O–H groups in total. The molecule has 0 radical (unpaired) electrons. The van der Waals surface area contributed by atoms with Gasteiger partial charge < -0.3 is 14.6 Å². The Kier molecular flexibility index (Phi) is 2.48. The van der Waals surface area contributed by atoms with Crippen LogP contribution in [0.5, 0.6) is 0 Å². The van der Waals surface area contributed by atoms with Crippen molar-refractivity contribution in [2.75, 3.05) is 6.61 Å². The van der Waals surface area contributed by atoms with Crippen molar-refractivity contribution in [3.05, 3.63) is 12.7 Å². The first kappa shape index (κ1) is 8.07. The van der Waals surface area contributed by atoms with Crippen LogP contribution in [0.3, 0.4) is 0 Å². The lowest BCUT2D eigenvalue weighted by molar-refractivity contribution is -0.0587. The number of carbonyl (C=O) groups is 1. The Labute approximate surface area is 64.4 Å². The normalized spacial score (nSPS) is 26.6. The lowest BCUT2D eigenvalue weighted by atomic mass is 10.1. The van der Waals surface area contributed by atoms with Gasteiger partial charge in [-0.25, -0.2) is 4.79 Å². The van der Waals surface area contributed by atoms with Gasteiger partial charge in [-0.1, -0.05) is 6.08 Å². The highest BCUT2D eigenvalue weighted by atomic mass is 16.7. The topological polar surface area (TPSA) is 55.8 Å². The van der Waals surface area contributed by atoms with Gasteiger partial charge in [0.1, 0.15) is 12.2 Å². The molecule has 1 aliphatic heterocycles. The largest absolute Gasteiger partial charge is 0.508 e. The first-order chi connectivity index (χ1) is 5.24. The third-order valence-corrected chi connectivity index (χ3v) is 1.49. The monoisotopic (exact) mass is 158 g/mol. The van der Waals surface area contributed by atoms with Crippen molar-refractivity contribution in [2.45, 2.75) is 18.6 Å². The van der Waals surface area contributed by atoms with E-state index >= 15 is 0 Å². The standard InChI is InChI=1S/C7H10O4/c1-2-5(8)6-3-4-10-7(9)11-6/h2,5-6,8H,1,3-4H2. The maximum absolute atomic E-state index is 10.5. The third kappa shape index (κ3) is 1.94. The Morgan fingerprint density at radius 2 is 2.55 bits per heavy atom. The predicted octanol–water partition coefficient (Wildman–Crippen LogP) is 0.459. The molecule has 0 saturated carbocycles. The summed E-state index contributed by atoms with van der Waals surface area (Å²) in [5, 5.41) is 9.15. The van der Waals surface area contributed by atoms with E-state index in [9.17, 15) is 4.79 Å². The Bertz CT molecular complexity index is 166. The molecule has 1 saturated heterocycles. The second-order valence-electron chi connectivity index (χ2n) is 2.27. The molecular weight excluding hydrogens is 148 g/mol. The Morgan fingerprint density at radius 3 is 3.09 bits per heavy atom. The molecule has 2 atom stereocenters. The van der Waals surface area contributed by atoms with E-state index in [1.807, 2.05) is 0 Å². The van der Waals surface area contributed by atoms with Gasteiger partial charge in [-0.15, -0.1) is 6.58 Å². The van der Waals surface area contributed by atoms with Gasteiger partial charge in [0.15, 0.2) is 0 Å². The lowest BCUT2D eigenvalue weighted by Crippen LogP contribution is -2.35. The zero-order valence-corrected chi connectivity index (χ0v) is 6.03. The molecule has 0 aromatic rings. The van der Waals surface area contributed by atoms with Gasteiger partial charge in [-0.3, -0.25) is 0 Å². The van der Waals surface area contributed by atoms with E-state index in [1.165, 1.54) is 6.08 Å². The fourth-order valence-corrected chi connectivity index (χ4v) is 0.867. The van der Waals surface area contributed by atoms with Gasteiger partial charge >= 0.3 is 6.16 Å². The van der Waals surface area contributed by atoms with Crippen LogP contribution >= 0.6 is 0 Å².